The molecule has 0 aliphatic heterocycles. The number of sulfonamides is 1. The first-order chi connectivity index (χ1) is 13.3. The van der Waals surface area contributed by atoms with E-state index in [0.717, 1.165) is 33.8 Å². The highest BCUT2D eigenvalue weighted by molar-refractivity contribution is 7.92. The molecule has 2 rings (SSSR count). The van der Waals surface area contributed by atoms with Gasteiger partial charge < -0.3 is 5.32 Å². The second-order valence-electron chi connectivity index (χ2n) is 7.00. The number of halogens is 3. The van der Waals surface area contributed by atoms with Crippen molar-refractivity contribution in [3.63, 3.8) is 0 Å². The third-order valence-electron chi connectivity index (χ3n) is 4.27. The first-order valence-corrected chi connectivity index (χ1v) is 10.7. The standard InChI is InChI=1S/C20H23F3N2O3S/c1-13-8-14(2)10-18(9-13)25(29(4,27)28)15(3)19(26)24-12-16-6-5-7-17(11-16)20(21,22)23/h5-11,15H,12H2,1-4H3,(H,24,26)/t15-/m0/s1. The smallest absolute Gasteiger partial charge is 0.350 e. The lowest BCUT2D eigenvalue weighted by Crippen LogP contribution is -2.47. The molecule has 0 aromatic heterocycles. The fourth-order valence-electron chi connectivity index (χ4n) is 3.08. The van der Waals surface area contributed by atoms with Crippen molar-refractivity contribution >= 4 is 21.6 Å². The normalized spacial score (nSPS) is 13.1. The number of anilines is 1. The molecule has 0 spiro atoms. The molecule has 158 valence electrons. The highest BCUT2D eigenvalue weighted by Gasteiger charge is 2.31. The Morgan fingerprint density at radius 3 is 2.21 bits per heavy atom. The number of hydrogen-bond acceptors (Lipinski definition) is 3. The van der Waals surface area contributed by atoms with Crippen molar-refractivity contribution in [1.82, 2.24) is 5.32 Å². The number of alkyl halides is 3. The maximum absolute atomic E-state index is 12.8. The van der Waals surface area contributed by atoms with E-state index in [0.29, 0.717) is 5.69 Å². The van der Waals surface area contributed by atoms with E-state index >= 15 is 0 Å². The number of nitrogens with one attached hydrogen (secondary N) is 1. The van der Waals surface area contributed by atoms with E-state index in [1.54, 1.807) is 12.1 Å². The van der Waals surface area contributed by atoms with Gasteiger partial charge in [-0.05, 0) is 61.7 Å². The topological polar surface area (TPSA) is 66.5 Å². The van der Waals surface area contributed by atoms with Crippen LogP contribution < -0.4 is 9.62 Å². The first-order valence-electron chi connectivity index (χ1n) is 8.80. The van der Waals surface area contributed by atoms with Gasteiger partial charge in [0.2, 0.25) is 15.9 Å². The maximum Gasteiger partial charge on any atom is 0.416 e. The number of carbonyl (C=O) groups excluding carboxylic acids is 1. The van der Waals surface area contributed by atoms with Crippen molar-refractivity contribution in [1.29, 1.82) is 0 Å². The molecule has 0 saturated carbocycles. The average molecular weight is 428 g/mol. The van der Waals surface area contributed by atoms with E-state index in [9.17, 15) is 26.4 Å². The largest absolute Gasteiger partial charge is 0.416 e. The van der Waals surface area contributed by atoms with Crippen LogP contribution in [0.5, 0.6) is 0 Å². The van der Waals surface area contributed by atoms with Crippen LogP contribution in [0.25, 0.3) is 0 Å². The van der Waals surface area contributed by atoms with E-state index in [-0.39, 0.29) is 12.1 Å². The lowest BCUT2D eigenvalue weighted by molar-refractivity contribution is -0.137. The van der Waals surface area contributed by atoms with E-state index in [1.165, 1.54) is 19.1 Å². The minimum absolute atomic E-state index is 0.155. The van der Waals surface area contributed by atoms with Gasteiger partial charge >= 0.3 is 6.18 Å². The zero-order chi connectivity index (χ0) is 22.0. The molecule has 5 nitrogen and oxygen atoms in total. The molecule has 9 heteroatoms. The summed E-state index contributed by atoms with van der Waals surface area (Å²) in [6.45, 7) is 4.91. The van der Waals surface area contributed by atoms with Gasteiger partial charge in [0.05, 0.1) is 17.5 Å². The Morgan fingerprint density at radius 1 is 1.10 bits per heavy atom. The van der Waals surface area contributed by atoms with Crippen LogP contribution in [-0.2, 0) is 27.5 Å². The second kappa shape index (κ2) is 8.44. The van der Waals surface area contributed by atoms with E-state index in [1.807, 2.05) is 19.9 Å². The van der Waals surface area contributed by atoms with Crippen LogP contribution in [0.15, 0.2) is 42.5 Å². The first kappa shape index (κ1) is 22.7. The molecule has 2 aromatic carbocycles. The molecule has 1 atom stereocenters. The maximum atomic E-state index is 12.8. The molecule has 0 saturated heterocycles. The summed E-state index contributed by atoms with van der Waals surface area (Å²) < 4.78 is 64.2. The molecule has 2 aromatic rings. The fourth-order valence-corrected chi connectivity index (χ4v) is 4.24. The molecule has 0 aliphatic rings. The van der Waals surface area contributed by atoms with Gasteiger partial charge in [-0.3, -0.25) is 9.10 Å². The number of benzene rings is 2. The summed E-state index contributed by atoms with van der Waals surface area (Å²) in [5.41, 5.74) is 1.48. The number of carbonyl (C=O) groups is 1. The van der Waals surface area contributed by atoms with Crippen LogP contribution >= 0.6 is 0 Å². The number of hydrogen-bond donors (Lipinski definition) is 1. The van der Waals surface area contributed by atoms with Crippen LogP contribution in [0.3, 0.4) is 0 Å². The molecule has 29 heavy (non-hydrogen) atoms. The lowest BCUT2D eigenvalue weighted by atomic mass is 10.1. The molecule has 0 radical (unpaired) electrons. The summed E-state index contributed by atoms with van der Waals surface area (Å²) in [6, 6.07) is 8.71. The van der Waals surface area contributed by atoms with Crippen LogP contribution in [0.2, 0.25) is 0 Å². The highest BCUT2D eigenvalue weighted by Crippen LogP contribution is 2.29. The van der Waals surface area contributed by atoms with Crippen molar-refractivity contribution in [2.24, 2.45) is 0 Å². The van der Waals surface area contributed by atoms with Gasteiger partial charge in [-0.2, -0.15) is 13.2 Å². The van der Waals surface area contributed by atoms with Crippen LogP contribution in [0.1, 0.15) is 29.2 Å². The highest BCUT2D eigenvalue weighted by atomic mass is 32.2. The van der Waals surface area contributed by atoms with Crippen LogP contribution in [0, 0.1) is 13.8 Å². The minimum Gasteiger partial charge on any atom is -0.350 e. The molecule has 0 fully saturated rings. The SMILES string of the molecule is Cc1cc(C)cc(N([C@@H](C)C(=O)NCc2cccc(C(F)(F)F)c2)S(C)(=O)=O)c1. The third kappa shape index (κ3) is 5.96. The van der Waals surface area contributed by atoms with E-state index < -0.39 is 33.7 Å². The minimum atomic E-state index is -4.48. The van der Waals surface area contributed by atoms with Gasteiger partial charge in [0.25, 0.3) is 0 Å². The second-order valence-corrected chi connectivity index (χ2v) is 8.86. The van der Waals surface area contributed by atoms with E-state index in [2.05, 4.69) is 5.32 Å². The van der Waals surface area contributed by atoms with Crippen LogP contribution in [-0.4, -0.2) is 26.6 Å². The molecule has 1 N–H and O–H groups in total. The van der Waals surface area contributed by atoms with Crippen molar-refractivity contribution in [3.8, 4) is 0 Å². The molecule has 0 heterocycles. The van der Waals surface area contributed by atoms with Crippen molar-refractivity contribution < 1.29 is 26.4 Å². The number of aryl methyl sites for hydroxylation is 2. The van der Waals surface area contributed by atoms with Gasteiger partial charge in [0.1, 0.15) is 6.04 Å². The quantitative estimate of drug-likeness (QED) is 0.761. The Kier molecular flexibility index (Phi) is 6.62. The zero-order valence-corrected chi connectivity index (χ0v) is 17.4. The summed E-state index contributed by atoms with van der Waals surface area (Å²) in [5, 5.41) is 2.52. The molecular formula is C20H23F3N2O3S. The third-order valence-corrected chi connectivity index (χ3v) is 5.51. The summed E-state index contributed by atoms with van der Waals surface area (Å²) in [6.07, 6.45) is -3.48. The number of amides is 1. The predicted octanol–water partition coefficient (Wildman–Crippen LogP) is 3.79. The van der Waals surface area contributed by atoms with Crippen molar-refractivity contribution in [2.75, 3.05) is 10.6 Å². The van der Waals surface area contributed by atoms with Gasteiger partial charge in [-0.25, -0.2) is 8.42 Å². The monoisotopic (exact) mass is 428 g/mol. The predicted molar refractivity (Wildman–Crippen MR) is 106 cm³/mol. The molecule has 1 amide bonds. The summed E-state index contributed by atoms with van der Waals surface area (Å²) in [7, 11) is -3.78. The number of rotatable bonds is 6. The van der Waals surface area contributed by atoms with Crippen molar-refractivity contribution in [3.05, 3.63) is 64.7 Å². The zero-order valence-electron chi connectivity index (χ0n) is 16.5. The van der Waals surface area contributed by atoms with Crippen LogP contribution in [0.4, 0.5) is 18.9 Å². The van der Waals surface area contributed by atoms with Crippen molar-refractivity contribution in [2.45, 2.75) is 39.5 Å². The molecular weight excluding hydrogens is 405 g/mol. The Labute approximate surface area is 168 Å². The Hall–Kier alpha value is -2.55. The van der Waals surface area contributed by atoms with Gasteiger partial charge in [0.15, 0.2) is 0 Å². The van der Waals surface area contributed by atoms with E-state index in [4.69, 9.17) is 0 Å². The summed E-state index contributed by atoms with van der Waals surface area (Å²) in [4.78, 5) is 12.6. The molecule has 0 unspecified atom stereocenters. The van der Waals surface area contributed by atoms with Gasteiger partial charge in [-0.15, -0.1) is 0 Å². The Balaban J connectivity index is 2.22. The molecule has 0 aliphatic carbocycles. The molecule has 0 bridgehead atoms. The summed E-state index contributed by atoms with van der Waals surface area (Å²) in [5.74, 6) is -0.619. The fraction of sp³-hybridized carbons (Fsp3) is 0.350. The van der Waals surface area contributed by atoms with Gasteiger partial charge in [-0.1, -0.05) is 18.2 Å². The Bertz CT molecular complexity index is 984. The summed E-state index contributed by atoms with van der Waals surface area (Å²) >= 11 is 0. The Morgan fingerprint density at radius 2 is 1.69 bits per heavy atom. The van der Waals surface area contributed by atoms with Gasteiger partial charge in [0, 0.05) is 6.54 Å². The lowest BCUT2D eigenvalue weighted by Gasteiger charge is -2.29. The number of nitrogens with zero attached hydrogens (tertiary/aromatic N) is 1. The average Bonchev–Trinajstić information content (AvgIpc) is 2.57.